The molecule has 0 aliphatic heterocycles. The molecule has 0 bridgehead atoms. The van der Waals surface area contributed by atoms with Crippen LogP contribution in [0, 0.1) is 20.8 Å². The van der Waals surface area contributed by atoms with E-state index in [1.165, 1.54) is 0 Å². The van der Waals surface area contributed by atoms with Crippen molar-refractivity contribution in [3.8, 4) is 0 Å². The van der Waals surface area contributed by atoms with Crippen molar-refractivity contribution in [3.63, 3.8) is 0 Å². The average Bonchev–Trinajstić information content (AvgIpc) is 2.90. The Morgan fingerprint density at radius 1 is 1.20 bits per heavy atom. The predicted octanol–water partition coefficient (Wildman–Crippen LogP) is 3.59. The highest BCUT2D eigenvalue weighted by atomic mass is 79.9. The smallest absolute Gasteiger partial charge is 0.273 e. The largest absolute Gasteiger partial charge is 0.342 e. The molecule has 3 N–H and O–H groups in total. The lowest BCUT2D eigenvalue weighted by Gasteiger charge is -2.13. The number of carbonyl (C=O) groups excluding carboxylic acids is 2. The Balaban J connectivity index is 2.00. The Hall–Kier alpha value is -2.15. The van der Waals surface area contributed by atoms with Crippen molar-refractivity contribution in [2.24, 2.45) is 0 Å². The van der Waals surface area contributed by atoms with Gasteiger partial charge in [-0.3, -0.25) is 14.7 Å². The molecule has 0 spiro atoms. The van der Waals surface area contributed by atoms with E-state index in [1.54, 1.807) is 0 Å². The number of nitrogens with zero attached hydrogens (tertiary/aromatic N) is 1. The number of amides is 2. The Morgan fingerprint density at radius 3 is 2.32 bits per heavy atom. The van der Waals surface area contributed by atoms with Gasteiger partial charge in [0.1, 0.15) is 0 Å². The monoisotopic (exact) mass is 406 g/mol. The molecule has 0 fully saturated rings. The first-order valence-electron chi connectivity index (χ1n) is 8.10. The second-order valence-electron chi connectivity index (χ2n) is 6.46. The molecular weight excluding hydrogens is 384 g/mol. The molecule has 2 rings (SSSR count). The minimum absolute atomic E-state index is 0.123. The summed E-state index contributed by atoms with van der Waals surface area (Å²) in [5.41, 5.74) is 5.01. The SMILES string of the molecule is Cc1cc(C)c(NC(=O)CNC(=O)c2n[nH]c(C(C)C)c2Br)c(C)c1. The van der Waals surface area contributed by atoms with Crippen LogP contribution < -0.4 is 10.6 Å². The van der Waals surface area contributed by atoms with Gasteiger partial charge in [0.25, 0.3) is 5.91 Å². The first-order valence-corrected chi connectivity index (χ1v) is 8.89. The zero-order valence-electron chi connectivity index (χ0n) is 15.1. The third-order valence-corrected chi connectivity index (χ3v) is 4.68. The van der Waals surface area contributed by atoms with Crippen molar-refractivity contribution >= 4 is 33.4 Å². The summed E-state index contributed by atoms with van der Waals surface area (Å²) in [5, 5.41) is 12.3. The number of aromatic amines is 1. The number of benzene rings is 1. The van der Waals surface area contributed by atoms with E-state index in [1.807, 2.05) is 46.8 Å². The van der Waals surface area contributed by atoms with Crippen molar-refractivity contribution in [2.75, 3.05) is 11.9 Å². The summed E-state index contributed by atoms with van der Waals surface area (Å²) in [6, 6.07) is 4.02. The van der Waals surface area contributed by atoms with Gasteiger partial charge in [0, 0.05) is 5.69 Å². The lowest BCUT2D eigenvalue weighted by atomic mass is 10.1. The van der Waals surface area contributed by atoms with Crippen LogP contribution in [-0.2, 0) is 4.79 Å². The van der Waals surface area contributed by atoms with Crippen molar-refractivity contribution in [2.45, 2.75) is 40.5 Å². The lowest BCUT2D eigenvalue weighted by Crippen LogP contribution is -2.33. The number of H-pyrrole nitrogens is 1. The van der Waals surface area contributed by atoms with Crippen LogP contribution in [0.3, 0.4) is 0 Å². The summed E-state index contributed by atoms with van der Waals surface area (Å²) < 4.78 is 0.630. The van der Waals surface area contributed by atoms with Crippen LogP contribution >= 0.6 is 15.9 Å². The molecule has 1 aromatic heterocycles. The van der Waals surface area contributed by atoms with Crippen LogP contribution in [0.5, 0.6) is 0 Å². The lowest BCUT2D eigenvalue weighted by molar-refractivity contribution is -0.115. The van der Waals surface area contributed by atoms with Gasteiger partial charge in [0.05, 0.1) is 16.7 Å². The summed E-state index contributed by atoms with van der Waals surface area (Å²) in [4.78, 5) is 24.4. The van der Waals surface area contributed by atoms with E-state index >= 15 is 0 Å². The van der Waals surface area contributed by atoms with Gasteiger partial charge in [-0.05, 0) is 53.7 Å². The Bertz CT molecular complexity index is 788. The van der Waals surface area contributed by atoms with Crippen LogP contribution in [0.2, 0.25) is 0 Å². The summed E-state index contributed by atoms with van der Waals surface area (Å²) >= 11 is 3.38. The second-order valence-corrected chi connectivity index (χ2v) is 7.25. The molecule has 0 saturated carbocycles. The van der Waals surface area contributed by atoms with E-state index in [-0.39, 0.29) is 24.1 Å². The molecule has 2 amide bonds. The second kappa shape index (κ2) is 7.82. The molecule has 2 aromatic rings. The molecular formula is C18H23BrN4O2. The number of hydrogen-bond acceptors (Lipinski definition) is 3. The first kappa shape index (κ1) is 19.2. The minimum atomic E-state index is -0.400. The van der Waals surface area contributed by atoms with E-state index in [4.69, 9.17) is 0 Å². The molecule has 0 radical (unpaired) electrons. The zero-order chi connectivity index (χ0) is 18.7. The van der Waals surface area contributed by atoms with E-state index in [9.17, 15) is 9.59 Å². The van der Waals surface area contributed by atoms with Crippen LogP contribution in [0.25, 0.3) is 0 Å². The number of carbonyl (C=O) groups is 2. The van der Waals surface area contributed by atoms with Gasteiger partial charge in [-0.1, -0.05) is 31.5 Å². The maximum Gasteiger partial charge on any atom is 0.273 e. The van der Waals surface area contributed by atoms with Crippen LogP contribution in [0.15, 0.2) is 16.6 Å². The maximum atomic E-state index is 12.2. The molecule has 0 saturated heterocycles. The van der Waals surface area contributed by atoms with Crippen molar-refractivity contribution in [1.29, 1.82) is 0 Å². The summed E-state index contributed by atoms with van der Waals surface area (Å²) in [7, 11) is 0. The number of hydrogen-bond donors (Lipinski definition) is 3. The van der Waals surface area contributed by atoms with E-state index < -0.39 is 5.91 Å². The zero-order valence-corrected chi connectivity index (χ0v) is 16.7. The fourth-order valence-corrected chi connectivity index (χ4v) is 3.50. The highest BCUT2D eigenvalue weighted by Gasteiger charge is 2.19. The quantitative estimate of drug-likeness (QED) is 0.708. The molecule has 0 unspecified atom stereocenters. The normalized spacial score (nSPS) is 10.8. The average molecular weight is 407 g/mol. The number of anilines is 1. The third-order valence-electron chi connectivity index (χ3n) is 3.88. The number of halogens is 1. The van der Waals surface area contributed by atoms with Gasteiger partial charge in [0.15, 0.2) is 5.69 Å². The Morgan fingerprint density at radius 2 is 1.80 bits per heavy atom. The Kier molecular flexibility index (Phi) is 6.00. The molecule has 134 valence electrons. The van der Waals surface area contributed by atoms with Crippen molar-refractivity contribution < 1.29 is 9.59 Å². The predicted molar refractivity (Wildman–Crippen MR) is 102 cm³/mol. The first-order chi connectivity index (χ1) is 11.7. The Labute approximate surface area is 155 Å². The van der Waals surface area contributed by atoms with Gasteiger partial charge in [-0.25, -0.2) is 0 Å². The van der Waals surface area contributed by atoms with Gasteiger partial charge >= 0.3 is 0 Å². The van der Waals surface area contributed by atoms with Gasteiger partial charge < -0.3 is 10.6 Å². The number of aromatic nitrogens is 2. The molecule has 1 heterocycles. The highest BCUT2D eigenvalue weighted by Crippen LogP contribution is 2.25. The fraction of sp³-hybridized carbons (Fsp3) is 0.389. The maximum absolute atomic E-state index is 12.2. The van der Waals surface area contributed by atoms with Gasteiger partial charge in [-0.2, -0.15) is 5.10 Å². The molecule has 6 nitrogen and oxygen atoms in total. The topological polar surface area (TPSA) is 86.9 Å². The van der Waals surface area contributed by atoms with E-state index in [0.717, 1.165) is 28.1 Å². The standard InChI is InChI=1S/C18H23BrN4O2/c1-9(2)15-14(19)17(23-22-15)18(25)20-8-13(24)21-16-11(4)6-10(3)7-12(16)5/h6-7,9H,8H2,1-5H3,(H,20,25)(H,21,24)(H,22,23). The van der Waals surface area contributed by atoms with Gasteiger partial charge in [-0.15, -0.1) is 0 Å². The fourth-order valence-electron chi connectivity index (χ4n) is 2.68. The molecule has 25 heavy (non-hydrogen) atoms. The minimum Gasteiger partial charge on any atom is -0.342 e. The van der Waals surface area contributed by atoms with Crippen molar-refractivity contribution in [1.82, 2.24) is 15.5 Å². The summed E-state index contributed by atoms with van der Waals surface area (Å²) in [6.07, 6.45) is 0. The number of rotatable bonds is 5. The third kappa shape index (κ3) is 4.48. The highest BCUT2D eigenvalue weighted by molar-refractivity contribution is 9.10. The molecule has 0 atom stereocenters. The van der Waals surface area contributed by atoms with E-state index in [2.05, 4.69) is 36.8 Å². The molecule has 0 aliphatic carbocycles. The van der Waals surface area contributed by atoms with Crippen LogP contribution in [-0.4, -0.2) is 28.6 Å². The van der Waals surface area contributed by atoms with Gasteiger partial charge in [0.2, 0.25) is 5.91 Å². The number of aryl methyl sites for hydroxylation is 3. The summed E-state index contributed by atoms with van der Waals surface area (Å²) in [5.74, 6) is -0.471. The van der Waals surface area contributed by atoms with E-state index in [0.29, 0.717) is 4.47 Å². The molecule has 0 aliphatic rings. The van der Waals surface area contributed by atoms with Crippen molar-refractivity contribution in [3.05, 3.63) is 44.7 Å². The molecule has 7 heteroatoms. The number of nitrogens with one attached hydrogen (secondary N) is 3. The van der Waals surface area contributed by atoms with Crippen LogP contribution in [0.4, 0.5) is 5.69 Å². The summed E-state index contributed by atoms with van der Waals surface area (Å²) in [6.45, 7) is 9.78. The van der Waals surface area contributed by atoms with Crippen LogP contribution in [0.1, 0.15) is 52.6 Å². The molecule has 1 aromatic carbocycles.